The lowest BCUT2D eigenvalue weighted by atomic mass is 10.0. The van der Waals surface area contributed by atoms with E-state index in [9.17, 15) is 9.59 Å². The lowest BCUT2D eigenvalue weighted by molar-refractivity contribution is 0.0588. The van der Waals surface area contributed by atoms with E-state index in [0.29, 0.717) is 12.1 Å². The number of rotatable bonds is 4. The van der Waals surface area contributed by atoms with E-state index in [1.165, 1.54) is 12.3 Å². The topological polar surface area (TPSA) is 68.4 Å². The molecule has 2 heterocycles. The highest BCUT2D eigenvalue weighted by Gasteiger charge is 2.29. The van der Waals surface area contributed by atoms with E-state index in [1.54, 1.807) is 6.07 Å². The zero-order chi connectivity index (χ0) is 15.5. The highest BCUT2D eigenvalue weighted by molar-refractivity contribution is 5.93. The van der Waals surface area contributed by atoms with E-state index >= 15 is 0 Å². The molecule has 0 saturated carbocycles. The Morgan fingerprint density at radius 2 is 2.00 bits per heavy atom. The summed E-state index contributed by atoms with van der Waals surface area (Å²) in [5, 5.41) is 2.93. The molecule has 1 aromatic heterocycles. The molecule has 6 heteroatoms. The third kappa shape index (κ3) is 4.15. The molecule has 0 unspecified atom stereocenters. The largest absolute Gasteiger partial charge is 0.350 e. The number of nitrogens with one attached hydrogen (secondary N) is 2. The Morgan fingerprint density at radius 3 is 2.62 bits per heavy atom. The second-order valence-electron chi connectivity index (χ2n) is 6.23. The molecule has 1 fully saturated rings. The monoisotopic (exact) mass is 292 g/mol. The zero-order valence-electron chi connectivity index (χ0n) is 13.0. The normalized spacial score (nSPS) is 17.7. The molecule has 1 aliphatic heterocycles. The fraction of sp³-hybridized carbons (Fsp3) is 0.600. The van der Waals surface area contributed by atoms with E-state index < -0.39 is 0 Å². The molecule has 116 valence electrons. The first-order valence-electron chi connectivity index (χ1n) is 7.29. The first kappa shape index (κ1) is 15.7. The van der Waals surface area contributed by atoms with Crippen molar-refractivity contribution >= 4 is 5.91 Å². The fourth-order valence-corrected chi connectivity index (χ4v) is 2.51. The molecule has 1 amide bonds. The number of pyridine rings is 1. The van der Waals surface area contributed by atoms with Gasteiger partial charge in [0.25, 0.3) is 5.91 Å². The minimum absolute atomic E-state index is 0.0991. The molecule has 0 spiro atoms. The number of piperazine rings is 1. The Kier molecular flexibility index (Phi) is 4.80. The summed E-state index contributed by atoms with van der Waals surface area (Å²) < 4.78 is 0. The second kappa shape index (κ2) is 6.41. The van der Waals surface area contributed by atoms with Crippen molar-refractivity contribution in [1.82, 2.24) is 20.1 Å². The van der Waals surface area contributed by atoms with Gasteiger partial charge >= 0.3 is 0 Å². The molecule has 1 aromatic rings. The van der Waals surface area contributed by atoms with E-state index in [1.807, 2.05) is 0 Å². The van der Waals surface area contributed by atoms with Gasteiger partial charge in [-0.25, -0.2) is 0 Å². The average Bonchev–Trinajstić information content (AvgIpc) is 2.45. The first-order chi connectivity index (χ1) is 9.88. The summed E-state index contributed by atoms with van der Waals surface area (Å²) in [6.45, 7) is 8.93. The maximum absolute atomic E-state index is 12.1. The molecule has 2 rings (SSSR count). The molecule has 1 aliphatic rings. The van der Waals surface area contributed by atoms with Crippen LogP contribution in [-0.2, 0) is 0 Å². The lowest BCUT2D eigenvalue weighted by Crippen LogP contribution is -2.57. The SMILES string of the molecule is CN1CCN(C(C)(C)CNC(=O)c2cc[nH]c(=O)c2)CC1. The van der Waals surface area contributed by atoms with Crippen molar-refractivity contribution in [1.29, 1.82) is 0 Å². The minimum atomic E-state index is -0.263. The number of carbonyl (C=O) groups excluding carboxylic acids is 1. The van der Waals surface area contributed by atoms with E-state index in [2.05, 4.69) is 41.0 Å². The van der Waals surface area contributed by atoms with Gasteiger partial charge in [0.2, 0.25) is 5.56 Å². The van der Waals surface area contributed by atoms with Crippen molar-refractivity contribution < 1.29 is 4.79 Å². The Balaban J connectivity index is 1.92. The van der Waals surface area contributed by atoms with E-state index in [4.69, 9.17) is 0 Å². The van der Waals surface area contributed by atoms with Crippen LogP contribution in [0.4, 0.5) is 0 Å². The van der Waals surface area contributed by atoms with Crippen LogP contribution in [0.25, 0.3) is 0 Å². The number of nitrogens with zero attached hydrogens (tertiary/aromatic N) is 2. The van der Waals surface area contributed by atoms with Gasteiger partial charge in [0, 0.05) is 56.1 Å². The van der Waals surface area contributed by atoms with Crippen LogP contribution < -0.4 is 10.9 Å². The van der Waals surface area contributed by atoms with Gasteiger partial charge in [-0.2, -0.15) is 0 Å². The standard InChI is InChI=1S/C15H24N4O2/c1-15(2,19-8-6-18(3)7-9-19)11-17-14(21)12-4-5-16-13(20)10-12/h4-5,10H,6-9,11H2,1-3H3,(H,16,20)(H,17,21). The summed E-state index contributed by atoms with van der Waals surface area (Å²) in [5.74, 6) is -0.205. The molecule has 0 atom stereocenters. The highest BCUT2D eigenvalue weighted by atomic mass is 16.2. The van der Waals surface area contributed by atoms with Gasteiger partial charge in [-0.05, 0) is 27.0 Å². The number of aromatic nitrogens is 1. The maximum atomic E-state index is 12.1. The number of likely N-dealkylation sites (N-methyl/N-ethyl adjacent to an activating group) is 1. The van der Waals surface area contributed by atoms with E-state index in [-0.39, 0.29) is 17.0 Å². The number of amides is 1. The van der Waals surface area contributed by atoms with Crippen LogP contribution in [-0.4, -0.2) is 66.0 Å². The van der Waals surface area contributed by atoms with Crippen LogP contribution in [0.15, 0.2) is 23.1 Å². The molecule has 0 radical (unpaired) electrons. The molecular weight excluding hydrogens is 268 g/mol. The quantitative estimate of drug-likeness (QED) is 0.828. The zero-order valence-corrected chi connectivity index (χ0v) is 13.0. The van der Waals surface area contributed by atoms with Gasteiger partial charge in [-0.3, -0.25) is 14.5 Å². The smallest absolute Gasteiger partial charge is 0.251 e. The van der Waals surface area contributed by atoms with Crippen LogP contribution in [0.5, 0.6) is 0 Å². The van der Waals surface area contributed by atoms with Gasteiger partial charge < -0.3 is 15.2 Å². The summed E-state index contributed by atoms with van der Waals surface area (Å²) in [7, 11) is 2.12. The third-order valence-corrected chi connectivity index (χ3v) is 4.08. The van der Waals surface area contributed by atoms with Gasteiger partial charge in [0.1, 0.15) is 0 Å². The molecule has 1 saturated heterocycles. The Labute approximate surface area is 125 Å². The molecular formula is C15H24N4O2. The molecule has 6 nitrogen and oxygen atoms in total. The molecule has 0 aromatic carbocycles. The van der Waals surface area contributed by atoms with Crippen LogP contribution in [0.1, 0.15) is 24.2 Å². The summed E-state index contributed by atoms with van der Waals surface area (Å²) in [6.07, 6.45) is 1.49. The third-order valence-electron chi connectivity index (χ3n) is 4.08. The summed E-state index contributed by atoms with van der Waals surface area (Å²) in [4.78, 5) is 30.5. The van der Waals surface area contributed by atoms with Crippen molar-refractivity contribution in [3.8, 4) is 0 Å². The van der Waals surface area contributed by atoms with Crippen molar-refractivity contribution in [2.45, 2.75) is 19.4 Å². The van der Waals surface area contributed by atoms with Crippen LogP contribution >= 0.6 is 0 Å². The fourth-order valence-electron chi connectivity index (χ4n) is 2.51. The highest BCUT2D eigenvalue weighted by Crippen LogP contribution is 2.15. The van der Waals surface area contributed by atoms with Crippen molar-refractivity contribution in [3.05, 3.63) is 34.2 Å². The predicted molar refractivity (Wildman–Crippen MR) is 82.5 cm³/mol. The number of carbonyl (C=O) groups is 1. The van der Waals surface area contributed by atoms with Gasteiger partial charge in [-0.15, -0.1) is 0 Å². The molecule has 21 heavy (non-hydrogen) atoms. The van der Waals surface area contributed by atoms with Crippen LogP contribution in [0.3, 0.4) is 0 Å². The van der Waals surface area contributed by atoms with Crippen molar-refractivity contribution in [2.75, 3.05) is 39.8 Å². The number of hydrogen-bond acceptors (Lipinski definition) is 4. The average molecular weight is 292 g/mol. The van der Waals surface area contributed by atoms with Crippen molar-refractivity contribution in [2.24, 2.45) is 0 Å². The number of H-pyrrole nitrogens is 1. The van der Waals surface area contributed by atoms with Crippen LogP contribution in [0.2, 0.25) is 0 Å². The van der Waals surface area contributed by atoms with Gasteiger partial charge in [-0.1, -0.05) is 0 Å². The molecule has 0 bridgehead atoms. The summed E-state index contributed by atoms with van der Waals surface area (Å²) in [6, 6.07) is 2.93. The first-order valence-corrected chi connectivity index (χ1v) is 7.29. The molecule has 2 N–H and O–H groups in total. The minimum Gasteiger partial charge on any atom is -0.350 e. The Morgan fingerprint density at radius 1 is 1.33 bits per heavy atom. The Hall–Kier alpha value is -1.66. The predicted octanol–water partition coefficient (Wildman–Crippen LogP) is 0.131. The van der Waals surface area contributed by atoms with Gasteiger partial charge in [0.15, 0.2) is 0 Å². The molecule has 0 aliphatic carbocycles. The number of hydrogen-bond donors (Lipinski definition) is 2. The van der Waals surface area contributed by atoms with Gasteiger partial charge in [0.05, 0.1) is 0 Å². The second-order valence-corrected chi connectivity index (χ2v) is 6.23. The maximum Gasteiger partial charge on any atom is 0.251 e. The van der Waals surface area contributed by atoms with Crippen molar-refractivity contribution in [3.63, 3.8) is 0 Å². The Bertz CT molecular complexity index is 545. The van der Waals surface area contributed by atoms with Crippen LogP contribution in [0, 0.1) is 0 Å². The summed E-state index contributed by atoms with van der Waals surface area (Å²) >= 11 is 0. The van der Waals surface area contributed by atoms with E-state index in [0.717, 1.165) is 26.2 Å². The number of aromatic amines is 1. The summed E-state index contributed by atoms with van der Waals surface area (Å²) in [5.41, 5.74) is 0.0342. The lowest BCUT2D eigenvalue weighted by Gasteiger charge is -2.43.